The third-order valence-corrected chi connectivity index (χ3v) is 5.49. The van der Waals surface area contributed by atoms with E-state index < -0.39 is 0 Å². The molecule has 118 valence electrons. The third kappa shape index (κ3) is 3.20. The standard InChI is InChI=1S/C17H34N2O/c1-4-12-18-16(15-9-13-20-14-15)17(10-7-8-11-17)19(5-2)6-3/h15-16,18H,4-14H2,1-3H3. The van der Waals surface area contributed by atoms with Crippen LogP contribution in [0, 0.1) is 5.92 Å². The molecule has 0 bridgehead atoms. The van der Waals surface area contributed by atoms with Gasteiger partial charge in [-0.25, -0.2) is 0 Å². The van der Waals surface area contributed by atoms with Crippen LogP contribution in [-0.2, 0) is 4.74 Å². The molecule has 1 saturated carbocycles. The summed E-state index contributed by atoms with van der Waals surface area (Å²) in [6.45, 7) is 12.3. The highest BCUT2D eigenvalue weighted by Gasteiger charge is 2.48. The van der Waals surface area contributed by atoms with Gasteiger partial charge >= 0.3 is 0 Å². The van der Waals surface area contributed by atoms with Crippen LogP contribution in [0.5, 0.6) is 0 Å². The van der Waals surface area contributed by atoms with E-state index in [0.29, 0.717) is 17.5 Å². The maximum Gasteiger partial charge on any atom is 0.0510 e. The Bertz CT molecular complexity index is 266. The Kier molecular flexibility index (Phi) is 6.31. The monoisotopic (exact) mass is 282 g/mol. The quantitative estimate of drug-likeness (QED) is 0.740. The van der Waals surface area contributed by atoms with E-state index in [1.807, 2.05) is 0 Å². The highest BCUT2D eigenvalue weighted by molar-refractivity contribution is 5.06. The van der Waals surface area contributed by atoms with Gasteiger partial charge in [0.1, 0.15) is 0 Å². The topological polar surface area (TPSA) is 24.5 Å². The van der Waals surface area contributed by atoms with Crippen molar-refractivity contribution >= 4 is 0 Å². The van der Waals surface area contributed by atoms with Crippen molar-refractivity contribution in [3.05, 3.63) is 0 Å². The molecule has 1 N–H and O–H groups in total. The Morgan fingerprint density at radius 1 is 1.20 bits per heavy atom. The molecule has 0 aromatic rings. The van der Waals surface area contributed by atoms with E-state index in [1.165, 1.54) is 51.6 Å². The van der Waals surface area contributed by atoms with Gasteiger partial charge in [-0.2, -0.15) is 0 Å². The SMILES string of the molecule is CCCNC(C1CCOC1)C1(N(CC)CC)CCCC1. The van der Waals surface area contributed by atoms with Gasteiger partial charge in [0.05, 0.1) is 6.61 Å². The number of ether oxygens (including phenoxy) is 1. The van der Waals surface area contributed by atoms with Crippen molar-refractivity contribution < 1.29 is 4.74 Å². The van der Waals surface area contributed by atoms with Gasteiger partial charge in [-0.3, -0.25) is 4.90 Å². The van der Waals surface area contributed by atoms with Crippen LogP contribution in [0.15, 0.2) is 0 Å². The highest BCUT2D eigenvalue weighted by atomic mass is 16.5. The summed E-state index contributed by atoms with van der Waals surface area (Å²) in [6, 6.07) is 0.618. The summed E-state index contributed by atoms with van der Waals surface area (Å²) < 4.78 is 5.71. The summed E-state index contributed by atoms with van der Waals surface area (Å²) in [7, 11) is 0. The van der Waals surface area contributed by atoms with Gasteiger partial charge in [0.25, 0.3) is 0 Å². The molecule has 0 aromatic carbocycles. The normalized spacial score (nSPS) is 27.3. The van der Waals surface area contributed by atoms with Gasteiger partial charge < -0.3 is 10.1 Å². The molecule has 0 spiro atoms. The maximum atomic E-state index is 5.71. The molecule has 2 rings (SSSR count). The van der Waals surface area contributed by atoms with Gasteiger partial charge in [-0.1, -0.05) is 33.6 Å². The second kappa shape index (κ2) is 7.77. The average molecular weight is 282 g/mol. The number of likely N-dealkylation sites (N-methyl/N-ethyl adjacent to an activating group) is 1. The van der Waals surface area contributed by atoms with Crippen LogP contribution < -0.4 is 5.32 Å². The van der Waals surface area contributed by atoms with Crippen LogP contribution in [0.3, 0.4) is 0 Å². The van der Waals surface area contributed by atoms with Crippen LogP contribution in [0.25, 0.3) is 0 Å². The minimum Gasteiger partial charge on any atom is -0.381 e. The van der Waals surface area contributed by atoms with Crippen molar-refractivity contribution in [1.29, 1.82) is 0 Å². The second-order valence-corrected chi connectivity index (χ2v) is 6.54. The lowest BCUT2D eigenvalue weighted by molar-refractivity contribution is 0.0354. The second-order valence-electron chi connectivity index (χ2n) is 6.54. The number of hydrogen-bond donors (Lipinski definition) is 1. The Balaban J connectivity index is 2.20. The molecule has 1 saturated heterocycles. The van der Waals surface area contributed by atoms with Crippen molar-refractivity contribution in [3.8, 4) is 0 Å². The Morgan fingerprint density at radius 3 is 2.40 bits per heavy atom. The summed E-state index contributed by atoms with van der Waals surface area (Å²) in [5, 5.41) is 3.92. The van der Waals surface area contributed by atoms with E-state index in [4.69, 9.17) is 4.74 Å². The highest BCUT2D eigenvalue weighted by Crippen LogP contribution is 2.42. The van der Waals surface area contributed by atoms with E-state index in [2.05, 4.69) is 31.0 Å². The van der Waals surface area contributed by atoms with Crippen molar-refractivity contribution in [2.45, 2.75) is 70.9 Å². The predicted molar refractivity (Wildman–Crippen MR) is 85.1 cm³/mol. The van der Waals surface area contributed by atoms with Crippen molar-refractivity contribution in [3.63, 3.8) is 0 Å². The fraction of sp³-hybridized carbons (Fsp3) is 1.00. The van der Waals surface area contributed by atoms with Crippen LogP contribution in [0.2, 0.25) is 0 Å². The Hall–Kier alpha value is -0.120. The van der Waals surface area contributed by atoms with E-state index in [-0.39, 0.29) is 0 Å². The van der Waals surface area contributed by atoms with Crippen molar-refractivity contribution in [2.75, 3.05) is 32.8 Å². The predicted octanol–water partition coefficient (Wildman–Crippen LogP) is 3.05. The van der Waals surface area contributed by atoms with Gasteiger partial charge in [-0.15, -0.1) is 0 Å². The Morgan fingerprint density at radius 2 is 1.90 bits per heavy atom. The molecule has 0 aromatic heterocycles. The third-order valence-electron chi connectivity index (χ3n) is 5.49. The molecule has 1 aliphatic heterocycles. The van der Waals surface area contributed by atoms with Crippen molar-refractivity contribution in [1.82, 2.24) is 10.2 Å². The molecule has 2 fully saturated rings. The van der Waals surface area contributed by atoms with Gasteiger partial charge in [0.15, 0.2) is 0 Å². The van der Waals surface area contributed by atoms with E-state index in [9.17, 15) is 0 Å². The molecule has 1 aliphatic carbocycles. The molecular weight excluding hydrogens is 248 g/mol. The first-order chi connectivity index (χ1) is 9.78. The molecule has 2 atom stereocenters. The number of nitrogens with zero attached hydrogens (tertiary/aromatic N) is 1. The fourth-order valence-corrected chi connectivity index (χ4v) is 4.58. The molecule has 2 aliphatic rings. The minimum atomic E-state index is 0.386. The maximum absolute atomic E-state index is 5.71. The molecule has 20 heavy (non-hydrogen) atoms. The van der Waals surface area contributed by atoms with Crippen LogP contribution in [0.1, 0.15) is 59.3 Å². The molecule has 3 heteroatoms. The van der Waals surface area contributed by atoms with Crippen LogP contribution >= 0.6 is 0 Å². The lowest BCUT2D eigenvalue weighted by atomic mass is 9.78. The average Bonchev–Trinajstić information content (AvgIpc) is 3.13. The van der Waals surface area contributed by atoms with Crippen LogP contribution in [-0.4, -0.2) is 49.3 Å². The summed E-state index contributed by atoms with van der Waals surface area (Å²) in [6.07, 6.45) is 7.99. The molecule has 0 amide bonds. The summed E-state index contributed by atoms with van der Waals surface area (Å²) in [5.41, 5.74) is 0.386. The summed E-state index contributed by atoms with van der Waals surface area (Å²) >= 11 is 0. The largest absolute Gasteiger partial charge is 0.381 e. The van der Waals surface area contributed by atoms with Gasteiger partial charge in [0.2, 0.25) is 0 Å². The van der Waals surface area contributed by atoms with Crippen molar-refractivity contribution in [2.24, 2.45) is 5.92 Å². The van der Waals surface area contributed by atoms with E-state index in [1.54, 1.807) is 0 Å². The lowest BCUT2D eigenvalue weighted by Crippen LogP contribution is -2.62. The minimum absolute atomic E-state index is 0.386. The zero-order valence-electron chi connectivity index (χ0n) is 13.8. The van der Waals surface area contributed by atoms with Gasteiger partial charge in [-0.05, 0) is 45.3 Å². The molecular formula is C17H34N2O. The number of rotatable bonds is 8. The van der Waals surface area contributed by atoms with Crippen LogP contribution in [0.4, 0.5) is 0 Å². The zero-order chi connectivity index (χ0) is 14.4. The first-order valence-electron chi connectivity index (χ1n) is 8.84. The summed E-state index contributed by atoms with van der Waals surface area (Å²) in [4.78, 5) is 2.74. The molecule has 0 radical (unpaired) electrons. The van der Waals surface area contributed by atoms with E-state index in [0.717, 1.165) is 19.8 Å². The molecule has 1 heterocycles. The smallest absolute Gasteiger partial charge is 0.0510 e. The van der Waals surface area contributed by atoms with Gasteiger partial charge in [0, 0.05) is 24.1 Å². The first-order valence-corrected chi connectivity index (χ1v) is 8.84. The zero-order valence-corrected chi connectivity index (χ0v) is 13.8. The summed E-state index contributed by atoms with van der Waals surface area (Å²) in [5.74, 6) is 0.709. The molecule has 2 unspecified atom stereocenters. The number of hydrogen-bond acceptors (Lipinski definition) is 3. The first kappa shape index (κ1) is 16.3. The number of nitrogens with one attached hydrogen (secondary N) is 1. The lowest BCUT2D eigenvalue weighted by Gasteiger charge is -2.48. The molecule has 3 nitrogen and oxygen atoms in total. The Labute approximate surface area is 125 Å². The fourth-order valence-electron chi connectivity index (χ4n) is 4.58. The van der Waals surface area contributed by atoms with E-state index >= 15 is 0 Å².